The van der Waals surface area contributed by atoms with Crippen molar-refractivity contribution in [2.24, 2.45) is 0 Å². The minimum Gasteiger partial charge on any atom is -0.494 e. The summed E-state index contributed by atoms with van der Waals surface area (Å²) in [5.41, 5.74) is 1.05. The fourth-order valence-electron chi connectivity index (χ4n) is 4.07. The zero-order valence-electron chi connectivity index (χ0n) is 17.7. The molecule has 7 heteroatoms. The predicted octanol–water partition coefficient (Wildman–Crippen LogP) is 1.33. The number of rotatable bonds is 9. The third kappa shape index (κ3) is 5.93. The maximum atomic E-state index is 12.8. The molecule has 0 aromatic heterocycles. The largest absolute Gasteiger partial charge is 0.494 e. The van der Waals surface area contributed by atoms with E-state index >= 15 is 0 Å². The predicted molar refractivity (Wildman–Crippen MR) is 113 cm³/mol. The Hall–Kier alpha value is -2.12. The number of hydrogen-bond donors (Lipinski definition) is 1. The summed E-state index contributed by atoms with van der Waals surface area (Å²) in [4.78, 5) is 31.6. The molecule has 1 N–H and O–H groups in total. The van der Waals surface area contributed by atoms with Gasteiger partial charge in [-0.25, -0.2) is 0 Å². The molecule has 1 aromatic carbocycles. The first-order valence-electron chi connectivity index (χ1n) is 10.8. The third-order valence-electron chi connectivity index (χ3n) is 5.83. The molecule has 1 atom stereocenters. The van der Waals surface area contributed by atoms with Gasteiger partial charge in [0.1, 0.15) is 5.75 Å². The zero-order valence-corrected chi connectivity index (χ0v) is 17.7. The average molecular weight is 403 g/mol. The summed E-state index contributed by atoms with van der Waals surface area (Å²) in [5.74, 6) is 0.801. The van der Waals surface area contributed by atoms with E-state index in [-0.39, 0.29) is 18.2 Å². The van der Waals surface area contributed by atoms with Gasteiger partial charge in [-0.3, -0.25) is 14.5 Å². The van der Waals surface area contributed by atoms with Crippen molar-refractivity contribution in [1.29, 1.82) is 0 Å². The Kier molecular flexibility index (Phi) is 7.89. The number of ether oxygens (including phenoxy) is 1. The Morgan fingerprint density at radius 3 is 2.76 bits per heavy atom. The Morgan fingerprint density at radius 1 is 1.24 bits per heavy atom. The molecular formula is C22H34N4O3. The highest BCUT2D eigenvalue weighted by Crippen LogP contribution is 2.22. The molecule has 1 unspecified atom stereocenters. The Morgan fingerprint density at radius 2 is 2.00 bits per heavy atom. The molecule has 0 radical (unpaired) electrons. The maximum absolute atomic E-state index is 12.8. The van der Waals surface area contributed by atoms with Crippen LogP contribution >= 0.6 is 0 Å². The molecule has 2 heterocycles. The molecule has 3 rings (SSSR count). The zero-order chi connectivity index (χ0) is 20.6. The van der Waals surface area contributed by atoms with Crippen molar-refractivity contribution in [3.05, 3.63) is 29.8 Å². The van der Waals surface area contributed by atoms with Gasteiger partial charge in [0.25, 0.3) is 0 Å². The second-order valence-corrected chi connectivity index (χ2v) is 7.89. The number of piperazine rings is 1. The highest BCUT2D eigenvalue weighted by Gasteiger charge is 2.33. The van der Waals surface area contributed by atoms with Gasteiger partial charge in [0.05, 0.1) is 19.1 Å². The molecule has 29 heavy (non-hydrogen) atoms. The normalized spacial score (nSPS) is 20.5. The first kappa shape index (κ1) is 21.6. The van der Waals surface area contributed by atoms with Crippen LogP contribution in [0.15, 0.2) is 24.3 Å². The molecule has 0 aliphatic carbocycles. The maximum Gasteiger partial charge on any atom is 0.237 e. The van der Waals surface area contributed by atoms with Crippen LogP contribution in [0.25, 0.3) is 0 Å². The van der Waals surface area contributed by atoms with Crippen molar-refractivity contribution < 1.29 is 14.3 Å². The van der Waals surface area contributed by atoms with Gasteiger partial charge in [-0.1, -0.05) is 18.2 Å². The highest BCUT2D eigenvalue weighted by molar-refractivity contribution is 5.88. The summed E-state index contributed by atoms with van der Waals surface area (Å²) < 4.78 is 5.73. The second kappa shape index (κ2) is 10.6. The lowest BCUT2D eigenvalue weighted by atomic mass is 10.1. The Balaban J connectivity index is 1.60. The first-order valence-corrected chi connectivity index (χ1v) is 10.8. The van der Waals surface area contributed by atoms with E-state index in [1.54, 1.807) is 4.90 Å². The van der Waals surface area contributed by atoms with Crippen LogP contribution in [0.5, 0.6) is 5.75 Å². The van der Waals surface area contributed by atoms with Crippen molar-refractivity contribution in [1.82, 2.24) is 20.0 Å². The van der Waals surface area contributed by atoms with Gasteiger partial charge < -0.3 is 19.9 Å². The molecule has 7 nitrogen and oxygen atoms in total. The van der Waals surface area contributed by atoms with Gasteiger partial charge in [-0.2, -0.15) is 0 Å². The summed E-state index contributed by atoms with van der Waals surface area (Å²) in [6, 6.07) is 7.47. The molecule has 2 aliphatic heterocycles. The third-order valence-corrected chi connectivity index (χ3v) is 5.83. The number of likely N-dealkylation sites (tertiary alicyclic amines) is 1. The Bertz CT molecular complexity index is 690. The van der Waals surface area contributed by atoms with E-state index in [1.807, 2.05) is 38.2 Å². The molecule has 0 bridgehead atoms. The van der Waals surface area contributed by atoms with E-state index in [9.17, 15) is 9.59 Å². The van der Waals surface area contributed by atoms with Crippen molar-refractivity contribution in [3.63, 3.8) is 0 Å². The number of likely N-dealkylation sites (N-methyl/N-ethyl adjacent to an activating group) is 1. The number of amides is 2. The second-order valence-electron chi connectivity index (χ2n) is 7.89. The molecule has 160 valence electrons. The quantitative estimate of drug-likeness (QED) is 0.675. The van der Waals surface area contributed by atoms with Crippen LogP contribution in [0.1, 0.15) is 31.7 Å². The minimum atomic E-state index is -0.444. The molecular weight excluding hydrogens is 368 g/mol. The summed E-state index contributed by atoms with van der Waals surface area (Å²) in [6.45, 7) is 8.35. The van der Waals surface area contributed by atoms with E-state index in [0.717, 1.165) is 37.5 Å². The van der Waals surface area contributed by atoms with Crippen LogP contribution < -0.4 is 10.1 Å². The fraction of sp³-hybridized carbons (Fsp3) is 0.636. The van der Waals surface area contributed by atoms with Crippen molar-refractivity contribution >= 4 is 11.8 Å². The number of nitrogens with one attached hydrogen (secondary N) is 1. The Labute approximate surface area is 174 Å². The topological polar surface area (TPSA) is 65.1 Å². The number of nitrogens with zero attached hydrogens (tertiary/aromatic N) is 3. The van der Waals surface area contributed by atoms with Crippen LogP contribution in [-0.4, -0.2) is 85.5 Å². The molecule has 2 amide bonds. The lowest BCUT2D eigenvalue weighted by Gasteiger charge is -2.35. The van der Waals surface area contributed by atoms with E-state index < -0.39 is 6.04 Å². The molecule has 2 aliphatic rings. The van der Waals surface area contributed by atoms with Gasteiger partial charge in [-0.05, 0) is 38.9 Å². The van der Waals surface area contributed by atoms with Crippen molar-refractivity contribution in [2.75, 3.05) is 52.9 Å². The fourth-order valence-corrected chi connectivity index (χ4v) is 4.07. The van der Waals surface area contributed by atoms with Crippen LogP contribution in [0.4, 0.5) is 0 Å². The summed E-state index contributed by atoms with van der Waals surface area (Å²) >= 11 is 0. The van der Waals surface area contributed by atoms with Gasteiger partial charge in [0.15, 0.2) is 0 Å². The smallest absolute Gasteiger partial charge is 0.237 e. The molecule has 2 saturated heterocycles. The van der Waals surface area contributed by atoms with E-state index in [2.05, 4.69) is 15.1 Å². The van der Waals surface area contributed by atoms with Crippen molar-refractivity contribution in [2.45, 2.75) is 38.8 Å². The molecule has 2 fully saturated rings. The molecule has 1 aromatic rings. The van der Waals surface area contributed by atoms with Crippen LogP contribution in [0.2, 0.25) is 0 Å². The number of para-hydroxylation sites is 1. The summed E-state index contributed by atoms with van der Waals surface area (Å²) in [7, 11) is 1.84. The van der Waals surface area contributed by atoms with Crippen molar-refractivity contribution in [3.8, 4) is 5.75 Å². The van der Waals surface area contributed by atoms with Crippen LogP contribution in [0.3, 0.4) is 0 Å². The average Bonchev–Trinajstić information content (AvgIpc) is 3.24. The monoisotopic (exact) mass is 402 g/mol. The summed E-state index contributed by atoms with van der Waals surface area (Å²) in [6.07, 6.45) is 2.70. The van der Waals surface area contributed by atoms with Crippen LogP contribution in [-0.2, 0) is 16.1 Å². The van der Waals surface area contributed by atoms with Gasteiger partial charge in [0, 0.05) is 45.3 Å². The van der Waals surface area contributed by atoms with E-state index in [0.29, 0.717) is 26.2 Å². The van der Waals surface area contributed by atoms with Gasteiger partial charge in [-0.15, -0.1) is 0 Å². The molecule has 0 spiro atoms. The van der Waals surface area contributed by atoms with E-state index in [4.69, 9.17) is 4.74 Å². The highest BCUT2D eigenvalue weighted by atomic mass is 16.5. The number of carbonyl (C=O) groups excluding carboxylic acids is 2. The van der Waals surface area contributed by atoms with Crippen LogP contribution in [0, 0.1) is 0 Å². The lowest BCUT2D eigenvalue weighted by molar-refractivity contribution is -0.138. The minimum absolute atomic E-state index is 0.0225. The first-order chi connectivity index (χ1) is 14.1. The van der Waals surface area contributed by atoms with Gasteiger partial charge in [0.2, 0.25) is 11.8 Å². The SMILES string of the molecule is CCOc1ccccc1CN1CCNC(=O)C1CC(=O)N(C)CCN1CCCC1. The van der Waals surface area contributed by atoms with E-state index in [1.165, 1.54) is 12.8 Å². The molecule has 0 saturated carbocycles. The number of hydrogen-bond acceptors (Lipinski definition) is 5. The number of carbonyl (C=O) groups is 2. The summed E-state index contributed by atoms with van der Waals surface area (Å²) in [5, 5.41) is 2.92. The standard InChI is InChI=1S/C22H34N4O3/c1-3-29-20-9-5-4-8-18(20)17-26-13-10-23-22(28)19(26)16-21(27)24(2)14-15-25-11-6-7-12-25/h4-5,8-9,19H,3,6-7,10-17H2,1-2H3,(H,23,28). The van der Waals surface area contributed by atoms with Gasteiger partial charge >= 0.3 is 0 Å². The number of benzene rings is 1. The lowest BCUT2D eigenvalue weighted by Crippen LogP contribution is -2.56.